The number of hydrazine groups is 1. The van der Waals surface area contributed by atoms with Crippen LogP contribution in [-0.2, 0) is 0 Å². The van der Waals surface area contributed by atoms with Crippen LogP contribution in [0.25, 0.3) is 0 Å². The van der Waals surface area contributed by atoms with Crippen molar-refractivity contribution >= 4 is 11.8 Å². The first kappa shape index (κ1) is 22.7. The van der Waals surface area contributed by atoms with Crippen LogP contribution in [-0.4, -0.2) is 22.9 Å². The molecule has 0 fully saturated rings. The fourth-order valence-electron chi connectivity index (χ4n) is 3.61. The van der Waals surface area contributed by atoms with Crippen LogP contribution in [0.5, 0.6) is 0 Å². The summed E-state index contributed by atoms with van der Waals surface area (Å²) in [5.74, 6) is -0.446. The third-order valence-corrected chi connectivity index (χ3v) is 5.10. The number of amides is 2. The molecule has 0 aromatic heterocycles. The largest absolute Gasteiger partial charge is 0.272 e. The van der Waals surface area contributed by atoms with Crippen molar-refractivity contribution < 1.29 is 9.59 Å². The summed E-state index contributed by atoms with van der Waals surface area (Å²) in [6, 6.07) is 13.1. The van der Waals surface area contributed by atoms with E-state index in [0.717, 1.165) is 29.5 Å². The van der Waals surface area contributed by atoms with Gasteiger partial charge in [0.1, 0.15) is 0 Å². The molecule has 2 aromatic carbocycles. The number of nitrogens with one attached hydrogen (secondary N) is 1. The number of nitrogens with zero attached hydrogens (tertiary/aromatic N) is 1. The van der Waals surface area contributed by atoms with E-state index >= 15 is 0 Å². The van der Waals surface area contributed by atoms with Gasteiger partial charge in [-0.2, -0.15) is 0 Å². The molecule has 0 aliphatic rings. The van der Waals surface area contributed by atoms with Crippen LogP contribution in [0, 0.1) is 26.2 Å². The molecule has 2 rings (SSSR count). The summed E-state index contributed by atoms with van der Waals surface area (Å²) in [5, 5.41) is 1.55. The Kier molecular flexibility index (Phi) is 7.23. The zero-order valence-corrected chi connectivity index (χ0v) is 18.8. The lowest BCUT2D eigenvalue weighted by atomic mass is 9.83. The molecule has 4 nitrogen and oxygen atoms in total. The molecule has 0 aliphatic carbocycles. The summed E-state index contributed by atoms with van der Waals surface area (Å²) in [7, 11) is 0. The summed E-state index contributed by atoms with van der Waals surface area (Å²) >= 11 is 0. The number of carbonyl (C=O) groups is 2. The summed E-state index contributed by atoms with van der Waals surface area (Å²) in [6.07, 6.45) is 1.72. The van der Waals surface area contributed by atoms with E-state index < -0.39 is 0 Å². The molecule has 0 saturated heterocycles. The molecule has 1 N–H and O–H groups in total. The maximum absolute atomic E-state index is 13.4. The highest BCUT2D eigenvalue weighted by Gasteiger charge is 2.34. The second-order valence-corrected chi connectivity index (χ2v) is 9.03. The first-order valence-corrected chi connectivity index (χ1v) is 10.3. The highest BCUT2D eigenvalue weighted by atomic mass is 16.2. The molecule has 1 atom stereocenters. The minimum Gasteiger partial charge on any atom is -0.267 e. The molecule has 2 amide bonds. The molecule has 0 saturated carbocycles. The van der Waals surface area contributed by atoms with E-state index in [1.165, 1.54) is 0 Å². The second kappa shape index (κ2) is 9.25. The molecule has 0 bridgehead atoms. The topological polar surface area (TPSA) is 49.4 Å². The molecule has 29 heavy (non-hydrogen) atoms. The van der Waals surface area contributed by atoms with E-state index in [9.17, 15) is 9.59 Å². The van der Waals surface area contributed by atoms with Gasteiger partial charge in [0.25, 0.3) is 11.8 Å². The van der Waals surface area contributed by atoms with Gasteiger partial charge in [-0.15, -0.1) is 0 Å². The van der Waals surface area contributed by atoms with E-state index in [0.29, 0.717) is 11.1 Å². The van der Waals surface area contributed by atoms with E-state index in [4.69, 9.17) is 0 Å². The molecule has 0 spiro atoms. The number of hydrogen-bond acceptors (Lipinski definition) is 2. The van der Waals surface area contributed by atoms with Gasteiger partial charge in [0.2, 0.25) is 0 Å². The average molecular weight is 395 g/mol. The van der Waals surface area contributed by atoms with Crippen molar-refractivity contribution in [3.05, 3.63) is 70.3 Å². The van der Waals surface area contributed by atoms with Crippen LogP contribution in [0.15, 0.2) is 42.5 Å². The van der Waals surface area contributed by atoms with Gasteiger partial charge in [-0.25, -0.2) is 5.01 Å². The van der Waals surface area contributed by atoms with E-state index in [1.807, 2.05) is 63.2 Å². The van der Waals surface area contributed by atoms with Crippen LogP contribution in [0.3, 0.4) is 0 Å². The monoisotopic (exact) mass is 394 g/mol. The Balaban J connectivity index is 2.43. The van der Waals surface area contributed by atoms with Crippen molar-refractivity contribution in [3.63, 3.8) is 0 Å². The fourth-order valence-corrected chi connectivity index (χ4v) is 3.61. The third-order valence-electron chi connectivity index (χ3n) is 5.10. The van der Waals surface area contributed by atoms with Crippen molar-refractivity contribution in [2.24, 2.45) is 5.41 Å². The predicted octanol–water partition coefficient (Wildman–Crippen LogP) is 5.61. The van der Waals surface area contributed by atoms with Crippen LogP contribution >= 0.6 is 0 Å². The van der Waals surface area contributed by atoms with Crippen LogP contribution < -0.4 is 5.43 Å². The van der Waals surface area contributed by atoms with Gasteiger partial charge in [0.15, 0.2) is 0 Å². The Morgan fingerprint density at radius 3 is 1.93 bits per heavy atom. The highest BCUT2D eigenvalue weighted by Crippen LogP contribution is 2.28. The Bertz CT molecular complexity index is 843. The Morgan fingerprint density at radius 2 is 1.45 bits per heavy atom. The minimum absolute atomic E-state index is 0.129. The van der Waals surface area contributed by atoms with Crippen molar-refractivity contribution in [2.45, 2.75) is 67.3 Å². The molecule has 2 aromatic rings. The quantitative estimate of drug-likeness (QED) is 0.670. The van der Waals surface area contributed by atoms with Gasteiger partial charge in [-0.05, 0) is 56.9 Å². The van der Waals surface area contributed by atoms with E-state index in [1.54, 1.807) is 5.01 Å². The maximum atomic E-state index is 13.4. The second-order valence-electron chi connectivity index (χ2n) is 9.03. The van der Waals surface area contributed by atoms with Crippen LogP contribution in [0.2, 0.25) is 0 Å². The smallest absolute Gasteiger partial charge is 0.267 e. The number of hydrogen-bond donors (Lipinski definition) is 1. The van der Waals surface area contributed by atoms with Crippen molar-refractivity contribution in [1.82, 2.24) is 10.4 Å². The number of benzene rings is 2. The minimum atomic E-state index is -0.261. The van der Waals surface area contributed by atoms with E-state index in [2.05, 4.69) is 33.1 Å². The summed E-state index contributed by atoms with van der Waals surface area (Å²) in [4.78, 5) is 26.5. The van der Waals surface area contributed by atoms with Gasteiger partial charge in [-0.3, -0.25) is 15.0 Å². The zero-order valence-electron chi connectivity index (χ0n) is 18.8. The summed E-state index contributed by atoms with van der Waals surface area (Å²) < 4.78 is 0. The lowest BCUT2D eigenvalue weighted by Crippen LogP contribution is -2.56. The van der Waals surface area contributed by atoms with Gasteiger partial charge in [0.05, 0.1) is 6.04 Å². The molecule has 156 valence electrons. The average Bonchev–Trinajstić information content (AvgIpc) is 2.62. The first-order chi connectivity index (χ1) is 13.5. The summed E-state index contributed by atoms with van der Waals surface area (Å²) in [6.45, 7) is 14.3. The zero-order chi connectivity index (χ0) is 21.8. The predicted molar refractivity (Wildman–Crippen MR) is 119 cm³/mol. The van der Waals surface area contributed by atoms with Gasteiger partial charge in [-0.1, -0.05) is 69.0 Å². The molecule has 4 heteroatoms. The highest BCUT2D eigenvalue weighted by molar-refractivity contribution is 5.99. The fraction of sp³-hybridized carbons (Fsp3) is 0.440. The SMILES string of the molecule is CCC[C@@H](N(NC(=O)c1cc(C)cc(C)c1)C(=O)c1ccc(C)cc1)C(C)(C)C. The van der Waals surface area contributed by atoms with E-state index in [-0.39, 0.29) is 23.3 Å². The standard InChI is InChI=1S/C25H34N2O2/c1-8-9-22(25(5,6)7)27(24(29)20-12-10-17(2)11-13-20)26-23(28)21-15-18(3)14-19(4)16-21/h10-16,22H,8-9H2,1-7H3,(H,26,28)/t22-/m1/s1. The van der Waals surface area contributed by atoms with Crippen molar-refractivity contribution in [2.75, 3.05) is 0 Å². The van der Waals surface area contributed by atoms with Crippen LogP contribution in [0.1, 0.15) is 77.9 Å². The maximum Gasteiger partial charge on any atom is 0.272 e. The molecular weight excluding hydrogens is 360 g/mol. The number of aryl methyl sites for hydroxylation is 3. The lowest BCUT2D eigenvalue weighted by molar-refractivity contribution is 0.0271. The first-order valence-electron chi connectivity index (χ1n) is 10.3. The van der Waals surface area contributed by atoms with Gasteiger partial charge < -0.3 is 0 Å². The molecule has 0 radical (unpaired) electrons. The van der Waals surface area contributed by atoms with Crippen molar-refractivity contribution in [3.8, 4) is 0 Å². The normalized spacial score (nSPS) is 12.4. The molecular formula is C25H34N2O2. The van der Waals surface area contributed by atoms with Crippen molar-refractivity contribution in [1.29, 1.82) is 0 Å². The van der Waals surface area contributed by atoms with Gasteiger partial charge in [0, 0.05) is 11.1 Å². The van der Waals surface area contributed by atoms with Crippen LogP contribution in [0.4, 0.5) is 0 Å². The lowest BCUT2D eigenvalue weighted by Gasteiger charge is -2.40. The Morgan fingerprint density at radius 1 is 0.897 bits per heavy atom. The Labute approximate surface area is 175 Å². The molecule has 0 unspecified atom stereocenters. The third kappa shape index (κ3) is 5.93. The Hall–Kier alpha value is -2.62. The number of rotatable bonds is 5. The summed E-state index contributed by atoms with van der Waals surface area (Å²) in [5.41, 5.74) is 7.02. The number of carbonyl (C=O) groups excluding carboxylic acids is 2. The van der Waals surface area contributed by atoms with Gasteiger partial charge >= 0.3 is 0 Å². The molecule has 0 heterocycles. The molecule has 0 aliphatic heterocycles.